The van der Waals surface area contributed by atoms with E-state index >= 15 is 0 Å². The van der Waals surface area contributed by atoms with Gasteiger partial charge in [-0.05, 0) is 57.8 Å². The summed E-state index contributed by atoms with van der Waals surface area (Å²) in [6, 6.07) is 3.07. The molecule has 0 atom stereocenters. The van der Waals surface area contributed by atoms with Crippen molar-refractivity contribution in [3.63, 3.8) is 0 Å². The largest absolute Gasteiger partial charge is 0.539 e. The Balaban J connectivity index is 5.14. The van der Waals surface area contributed by atoms with E-state index in [9.17, 15) is 4.79 Å². The summed E-state index contributed by atoms with van der Waals surface area (Å²) in [6.07, 6.45) is 4.97. The lowest BCUT2D eigenvalue weighted by atomic mass is 10.2. The van der Waals surface area contributed by atoms with Gasteiger partial charge in [-0.25, -0.2) is 4.79 Å². The molecule has 0 bridgehead atoms. The highest BCUT2D eigenvalue weighted by Gasteiger charge is 2.34. The van der Waals surface area contributed by atoms with Crippen molar-refractivity contribution in [1.82, 2.24) is 0 Å². The zero-order chi connectivity index (χ0) is 16.5. The maximum absolute atomic E-state index is 12.4. The van der Waals surface area contributed by atoms with Gasteiger partial charge < -0.3 is 9.16 Å². The van der Waals surface area contributed by atoms with Crippen molar-refractivity contribution in [2.45, 2.75) is 91.5 Å². The van der Waals surface area contributed by atoms with Gasteiger partial charge in [0.2, 0.25) is 0 Å². The van der Waals surface area contributed by atoms with Crippen molar-refractivity contribution in [2.75, 3.05) is 0 Å². The van der Waals surface area contributed by atoms with E-state index in [1.165, 1.54) is 0 Å². The van der Waals surface area contributed by atoms with Crippen molar-refractivity contribution in [3.8, 4) is 0 Å². The third-order valence-corrected chi connectivity index (χ3v) is 8.27. The molecule has 0 N–H and O–H groups in total. The first kappa shape index (κ1) is 20.2. The zero-order valence-electron chi connectivity index (χ0n) is 15.0. The van der Waals surface area contributed by atoms with Crippen LogP contribution in [0.25, 0.3) is 0 Å². The van der Waals surface area contributed by atoms with Crippen molar-refractivity contribution >= 4 is 14.3 Å². The van der Waals surface area contributed by atoms with Crippen LogP contribution < -0.4 is 0 Å². The molecular formula is C17H34O3Si. The lowest BCUT2D eigenvalue weighted by Gasteiger charge is -2.31. The Hall–Kier alpha value is -0.773. The number of hydrogen-bond acceptors (Lipinski definition) is 3. The number of unbranched alkanes of at least 4 members (excludes halogenated alkanes) is 2. The number of rotatable bonds is 9. The van der Waals surface area contributed by atoms with Crippen molar-refractivity contribution < 1.29 is 14.0 Å². The van der Waals surface area contributed by atoms with Crippen LogP contribution in [0.3, 0.4) is 0 Å². The molecule has 0 heterocycles. The van der Waals surface area contributed by atoms with Gasteiger partial charge in [-0.3, -0.25) is 0 Å². The smallest absolute Gasteiger partial charge is 0.372 e. The van der Waals surface area contributed by atoms with E-state index in [4.69, 9.17) is 9.16 Å². The first-order valence-electron chi connectivity index (χ1n) is 8.36. The van der Waals surface area contributed by atoms with Crippen LogP contribution in [0.5, 0.6) is 0 Å². The predicted molar refractivity (Wildman–Crippen MR) is 91.7 cm³/mol. The summed E-state index contributed by atoms with van der Waals surface area (Å²) >= 11 is 0. The molecule has 124 valence electrons. The van der Waals surface area contributed by atoms with Gasteiger partial charge >= 0.3 is 5.97 Å². The molecule has 0 aliphatic heterocycles. The molecule has 0 saturated carbocycles. The molecule has 0 radical (unpaired) electrons. The molecule has 0 aliphatic carbocycles. The van der Waals surface area contributed by atoms with Crippen molar-refractivity contribution in [3.05, 3.63) is 11.8 Å². The maximum atomic E-state index is 12.4. The minimum atomic E-state index is -1.85. The van der Waals surface area contributed by atoms with E-state index in [0.717, 1.165) is 37.4 Å². The summed E-state index contributed by atoms with van der Waals surface area (Å²) in [7, 11) is -1.85. The molecule has 0 aliphatic rings. The number of carbonyl (C=O) groups is 1. The minimum absolute atomic E-state index is 0.314. The van der Waals surface area contributed by atoms with Gasteiger partial charge in [0.05, 0.1) is 0 Å². The molecule has 0 unspecified atom stereocenters. The topological polar surface area (TPSA) is 35.5 Å². The highest BCUT2D eigenvalue weighted by molar-refractivity contribution is 6.74. The Labute approximate surface area is 132 Å². The lowest BCUT2D eigenvalue weighted by Crippen LogP contribution is -2.38. The Kier molecular flexibility index (Phi) is 8.94. The number of hydrogen-bond donors (Lipinski definition) is 0. The molecule has 4 heteroatoms. The predicted octanol–water partition coefficient (Wildman–Crippen LogP) is 5.42. The van der Waals surface area contributed by atoms with Gasteiger partial charge in [-0.1, -0.05) is 34.1 Å². The highest BCUT2D eigenvalue weighted by atomic mass is 28.4. The average molecular weight is 315 g/mol. The van der Waals surface area contributed by atoms with Crippen LogP contribution in [0.15, 0.2) is 11.8 Å². The molecule has 0 saturated heterocycles. The normalized spacial score (nSPS) is 13.2. The molecule has 0 rings (SSSR count). The molecule has 0 aromatic heterocycles. The second kappa shape index (κ2) is 9.29. The van der Waals surface area contributed by atoms with Crippen LogP contribution in [-0.2, 0) is 14.0 Å². The highest BCUT2D eigenvalue weighted by Crippen LogP contribution is 2.26. The molecule has 21 heavy (non-hydrogen) atoms. The molecule has 0 fully saturated rings. The second-order valence-corrected chi connectivity index (χ2v) is 11.2. The minimum Gasteiger partial charge on any atom is -0.539 e. The third kappa shape index (κ3) is 7.70. The van der Waals surface area contributed by atoms with Crippen molar-refractivity contribution in [1.29, 1.82) is 0 Å². The number of ether oxygens (including phenoxy) is 1. The maximum Gasteiger partial charge on any atom is 0.372 e. The fraction of sp³-hybridized carbons (Fsp3) is 0.824. The number of allylic oxidation sites excluding steroid dienone is 1. The van der Waals surface area contributed by atoms with Gasteiger partial charge in [0.15, 0.2) is 5.76 Å². The second-order valence-electron chi connectivity index (χ2n) is 6.56. The quantitative estimate of drug-likeness (QED) is 0.187. The van der Waals surface area contributed by atoms with E-state index in [1.54, 1.807) is 0 Å². The Morgan fingerprint density at radius 3 is 1.95 bits per heavy atom. The van der Waals surface area contributed by atoms with E-state index < -0.39 is 13.9 Å². The Morgan fingerprint density at radius 1 is 1.05 bits per heavy atom. The standard InChI is InChI=1S/C17H34O3Si/c1-8-12-13-14-15(16(18)19-17(5,6)7)20-21(9-2,10-3)11-4/h14H,8-13H2,1-7H3. The third-order valence-electron chi connectivity index (χ3n) is 3.75. The van der Waals surface area contributed by atoms with Crippen LogP contribution in [0, 0.1) is 0 Å². The average Bonchev–Trinajstić information content (AvgIpc) is 2.41. The summed E-state index contributed by atoms with van der Waals surface area (Å²) in [5, 5.41) is 0. The zero-order valence-corrected chi connectivity index (χ0v) is 16.0. The van der Waals surface area contributed by atoms with Crippen LogP contribution in [0.1, 0.15) is 67.7 Å². The Bertz CT molecular complexity index is 330. The number of esters is 1. The Morgan fingerprint density at radius 2 is 1.57 bits per heavy atom. The van der Waals surface area contributed by atoms with Crippen LogP contribution in [-0.4, -0.2) is 19.9 Å². The van der Waals surface area contributed by atoms with E-state index in [2.05, 4.69) is 27.7 Å². The van der Waals surface area contributed by atoms with Crippen LogP contribution in [0.2, 0.25) is 18.1 Å². The van der Waals surface area contributed by atoms with Crippen LogP contribution >= 0.6 is 0 Å². The fourth-order valence-corrected chi connectivity index (χ4v) is 4.70. The van der Waals surface area contributed by atoms with E-state index in [1.807, 2.05) is 26.8 Å². The summed E-state index contributed by atoms with van der Waals surface area (Å²) < 4.78 is 11.8. The summed E-state index contributed by atoms with van der Waals surface area (Å²) in [4.78, 5) is 12.4. The molecule has 0 spiro atoms. The first-order valence-corrected chi connectivity index (χ1v) is 10.9. The molecule has 0 amide bonds. The van der Waals surface area contributed by atoms with Gasteiger partial charge in [-0.2, -0.15) is 0 Å². The van der Waals surface area contributed by atoms with Gasteiger partial charge in [-0.15, -0.1) is 0 Å². The van der Waals surface area contributed by atoms with Crippen molar-refractivity contribution in [2.24, 2.45) is 0 Å². The van der Waals surface area contributed by atoms with E-state index in [0.29, 0.717) is 5.76 Å². The SMILES string of the molecule is CCCCC=C(O[Si](CC)(CC)CC)C(=O)OC(C)(C)C. The molecule has 0 aromatic rings. The summed E-state index contributed by atoms with van der Waals surface area (Å²) in [6.45, 7) is 14.3. The number of carbonyl (C=O) groups excluding carboxylic acids is 1. The van der Waals surface area contributed by atoms with Gasteiger partial charge in [0, 0.05) is 0 Å². The van der Waals surface area contributed by atoms with Gasteiger partial charge in [0.25, 0.3) is 8.32 Å². The summed E-state index contributed by atoms with van der Waals surface area (Å²) in [5.41, 5.74) is -0.487. The molecule has 0 aromatic carbocycles. The monoisotopic (exact) mass is 314 g/mol. The summed E-state index contributed by atoms with van der Waals surface area (Å²) in [5.74, 6) is 0.126. The fourth-order valence-electron chi connectivity index (χ4n) is 2.13. The molecule has 3 nitrogen and oxygen atoms in total. The van der Waals surface area contributed by atoms with E-state index in [-0.39, 0.29) is 5.97 Å². The van der Waals surface area contributed by atoms with Crippen LogP contribution in [0.4, 0.5) is 0 Å². The van der Waals surface area contributed by atoms with Gasteiger partial charge in [0.1, 0.15) is 5.60 Å². The first-order chi connectivity index (χ1) is 9.73. The lowest BCUT2D eigenvalue weighted by molar-refractivity contribution is -0.152. The molecular weight excluding hydrogens is 280 g/mol.